The molecule has 0 spiro atoms. The van der Waals surface area contributed by atoms with Gasteiger partial charge in [-0.2, -0.15) is 15.0 Å². The second kappa shape index (κ2) is 7.40. The molecule has 3 unspecified atom stereocenters. The van der Waals surface area contributed by atoms with Gasteiger partial charge in [-0.1, -0.05) is 6.92 Å². The lowest BCUT2D eigenvalue weighted by Crippen LogP contribution is -2.81. The predicted molar refractivity (Wildman–Crippen MR) is 107 cm³/mol. The number of amides is 1. The van der Waals surface area contributed by atoms with Gasteiger partial charge in [-0.15, -0.1) is 0 Å². The van der Waals surface area contributed by atoms with Crippen LogP contribution in [-0.2, 0) is 0 Å². The molecule has 1 saturated heterocycles. The van der Waals surface area contributed by atoms with Crippen molar-refractivity contribution in [3.05, 3.63) is 66.1 Å². The van der Waals surface area contributed by atoms with Crippen molar-refractivity contribution in [3.8, 4) is 11.6 Å². The van der Waals surface area contributed by atoms with Crippen LogP contribution in [-0.4, -0.2) is 49.0 Å². The van der Waals surface area contributed by atoms with E-state index in [-0.39, 0.29) is 24.1 Å². The van der Waals surface area contributed by atoms with Crippen LogP contribution in [0.5, 0.6) is 5.88 Å². The Morgan fingerprint density at radius 3 is 2.61 bits per heavy atom. The van der Waals surface area contributed by atoms with Crippen molar-refractivity contribution in [2.45, 2.75) is 37.8 Å². The smallest absolute Gasteiger partial charge is 0.257 e. The molecule has 2 aliphatic rings. The molecule has 1 amide bonds. The monoisotopic (exact) mass is 425 g/mol. The van der Waals surface area contributed by atoms with Gasteiger partial charge >= 0.3 is 0 Å². The van der Waals surface area contributed by atoms with Gasteiger partial charge in [0.15, 0.2) is 0 Å². The summed E-state index contributed by atoms with van der Waals surface area (Å²) in [6.07, 6.45) is 6.68. The number of carbonyl (C=O) groups excluding carboxylic acids is 1. The van der Waals surface area contributed by atoms with E-state index in [1.165, 1.54) is 47.5 Å². The van der Waals surface area contributed by atoms with Gasteiger partial charge in [0.05, 0.1) is 35.4 Å². The second-order valence-corrected chi connectivity index (χ2v) is 7.98. The van der Waals surface area contributed by atoms with Crippen LogP contribution in [0.4, 0.5) is 8.78 Å². The van der Waals surface area contributed by atoms with Crippen molar-refractivity contribution in [1.29, 1.82) is 0 Å². The maximum absolute atomic E-state index is 14.1. The number of fused-ring (bicyclic) bond motifs is 1. The van der Waals surface area contributed by atoms with Crippen LogP contribution in [0, 0.1) is 17.6 Å². The van der Waals surface area contributed by atoms with Crippen LogP contribution in [0.2, 0.25) is 0 Å². The SMILES string of the molecule is CCC1C2CCC2(COc2ccc(F)cn2)N1C(=O)c1cc(F)ccc1-n1nccn1. The number of halogens is 2. The van der Waals surface area contributed by atoms with Gasteiger partial charge < -0.3 is 9.64 Å². The summed E-state index contributed by atoms with van der Waals surface area (Å²) >= 11 is 0. The van der Waals surface area contributed by atoms with Crippen LogP contribution >= 0.6 is 0 Å². The molecule has 1 aromatic carbocycles. The van der Waals surface area contributed by atoms with E-state index >= 15 is 0 Å². The number of ether oxygens (including phenoxy) is 1. The van der Waals surface area contributed by atoms with Crippen LogP contribution in [0.1, 0.15) is 36.5 Å². The fourth-order valence-corrected chi connectivity index (χ4v) is 4.96. The standard InChI is InChI=1S/C22H21F2N5O2/c1-2-18-17-7-8-22(17,13-31-20-6-4-15(24)12-25-20)28(18)21(30)16-11-14(23)3-5-19(16)29-26-9-10-27-29/h3-6,9-12,17-18H,2,7-8,13H2,1H3. The molecule has 3 heterocycles. The van der Waals surface area contributed by atoms with E-state index in [2.05, 4.69) is 15.2 Å². The van der Waals surface area contributed by atoms with Crippen molar-refractivity contribution in [2.24, 2.45) is 5.92 Å². The Labute approximate surface area is 177 Å². The number of nitrogens with zero attached hydrogens (tertiary/aromatic N) is 5. The van der Waals surface area contributed by atoms with Gasteiger partial charge in [0.2, 0.25) is 5.88 Å². The minimum Gasteiger partial charge on any atom is -0.475 e. The minimum atomic E-state index is -0.501. The predicted octanol–water partition coefficient (Wildman–Crippen LogP) is 3.40. The molecule has 0 bridgehead atoms. The lowest BCUT2D eigenvalue weighted by molar-refractivity contribution is -0.190. The quantitative estimate of drug-likeness (QED) is 0.605. The highest BCUT2D eigenvalue weighted by Crippen LogP contribution is 2.58. The van der Waals surface area contributed by atoms with E-state index in [4.69, 9.17) is 4.74 Å². The van der Waals surface area contributed by atoms with Gasteiger partial charge in [0.25, 0.3) is 5.91 Å². The largest absolute Gasteiger partial charge is 0.475 e. The Morgan fingerprint density at radius 2 is 1.97 bits per heavy atom. The third-order valence-corrected chi connectivity index (χ3v) is 6.48. The number of benzene rings is 1. The van der Waals surface area contributed by atoms with E-state index in [9.17, 15) is 13.6 Å². The van der Waals surface area contributed by atoms with Gasteiger partial charge in [0.1, 0.15) is 18.2 Å². The Balaban J connectivity index is 1.46. The number of hydrogen-bond acceptors (Lipinski definition) is 5. The highest BCUT2D eigenvalue weighted by atomic mass is 19.1. The Morgan fingerprint density at radius 1 is 1.19 bits per heavy atom. The highest BCUT2D eigenvalue weighted by molar-refractivity contribution is 5.99. The topological polar surface area (TPSA) is 73.1 Å². The van der Waals surface area contributed by atoms with Crippen molar-refractivity contribution in [2.75, 3.05) is 6.61 Å². The third kappa shape index (κ3) is 3.07. The summed E-state index contributed by atoms with van der Waals surface area (Å²) in [5.74, 6) is -0.601. The average Bonchev–Trinajstić information content (AvgIpc) is 3.29. The van der Waals surface area contributed by atoms with Crippen LogP contribution in [0.15, 0.2) is 48.9 Å². The number of rotatable bonds is 6. The van der Waals surface area contributed by atoms with E-state index < -0.39 is 17.2 Å². The zero-order valence-corrected chi connectivity index (χ0v) is 16.9. The first-order valence-electron chi connectivity index (χ1n) is 10.3. The summed E-state index contributed by atoms with van der Waals surface area (Å²) in [6, 6.07) is 6.83. The number of carbonyl (C=O) groups is 1. The lowest BCUT2D eigenvalue weighted by Gasteiger charge is -2.70. The summed E-state index contributed by atoms with van der Waals surface area (Å²) in [7, 11) is 0. The number of likely N-dealkylation sites (tertiary alicyclic amines) is 1. The first-order valence-corrected chi connectivity index (χ1v) is 10.3. The first kappa shape index (κ1) is 19.6. The van der Waals surface area contributed by atoms with E-state index in [0.717, 1.165) is 25.5 Å². The van der Waals surface area contributed by atoms with E-state index in [1.807, 2.05) is 11.8 Å². The molecule has 7 nitrogen and oxygen atoms in total. The molecule has 3 aromatic rings. The third-order valence-electron chi connectivity index (χ3n) is 6.48. The fourth-order valence-electron chi connectivity index (χ4n) is 4.96. The van der Waals surface area contributed by atoms with Gasteiger partial charge in [0, 0.05) is 18.0 Å². The molecule has 9 heteroatoms. The fraction of sp³-hybridized carbons (Fsp3) is 0.364. The summed E-state index contributed by atoms with van der Waals surface area (Å²) in [5, 5.41) is 8.20. The summed E-state index contributed by atoms with van der Waals surface area (Å²) in [6.45, 7) is 2.29. The number of aromatic nitrogens is 4. The normalized spacial score (nSPS) is 24.2. The molecule has 2 aromatic heterocycles. The lowest BCUT2D eigenvalue weighted by atomic mass is 9.54. The summed E-state index contributed by atoms with van der Waals surface area (Å²) in [4.78, 5) is 20.8. The molecule has 3 atom stereocenters. The Hall–Kier alpha value is -3.36. The van der Waals surface area contributed by atoms with Crippen molar-refractivity contribution in [3.63, 3.8) is 0 Å². The van der Waals surface area contributed by atoms with Crippen LogP contribution < -0.4 is 4.74 Å². The molecule has 1 aliphatic carbocycles. The average molecular weight is 425 g/mol. The molecule has 1 aliphatic heterocycles. The summed E-state index contributed by atoms with van der Waals surface area (Å²) in [5.41, 5.74) is 0.152. The Bertz CT molecular complexity index is 1110. The van der Waals surface area contributed by atoms with E-state index in [1.54, 1.807) is 0 Å². The molecule has 160 valence electrons. The second-order valence-electron chi connectivity index (χ2n) is 7.98. The van der Waals surface area contributed by atoms with Crippen molar-refractivity contribution in [1.82, 2.24) is 24.9 Å². The molecule has 0 N–H and O–H groups in total. The van der Waals surface area contributed by atoms with Gasteiger partial charge in [-0.05, 0) is 43.5 Å². The molecular weight excluding hydrogens is 404 g/mol. The number of pyridine rings is 1. The van der Waals surface area contributed by atoms with Gasteiger partial charge in [-0.3, -0.25) is 4.79 Å². The molecular formula is C22H21F2N5O2. The minimum absolute atomic E-state index is 0.0488. The zero-order chi connectivity index (χ0) is 21.6. The Kier molecular flexibility index (Phi) is 4.68. The van der Waals surface area contributed by atoms with Crippen LogP contribution in [0.25, 0.3) is 5.69 Å². The molecule has 1 saturated carbocycles. The maximum Gasteiger partial charge on any atom is 0.257 e. The first-order chi connectivity index (χ1) is 15.0. The maximum atomic E-state index is 14.1. The van der Waals surface area contributed by atoms with Crippen molar-refractivity contribution < 1.29 is 18.3 Å². The summed E-state index contributed by atoms with van der Waals surface area (Å²) < 4.78 is 33.1. The molecule has 2 fully saturated rings. The molecule has 0 radical (unpaired) electrons. The highest BCUT2D eigenvalue weighted by Gasteiger charge is 2.67. The number of piperidine rings is 1. The molecule has 31 heavy (non-hydrogen) atoms. The molecule has 5 rings (SSSR count). The zero-order valence-electron chi connectivity index (χ0n) is 16.9. The van der Waals surface area contributed by atoms with Crippen molar-refractivity contribution >= 4 is 5.91 Å². The van der Waals surface area contributed by atoms with E-state index in [0.29, 0.717) is 17.5 Å². The number of hydrogen-bond donors (Lipinski definition) is 0. The van der Waals surface area contributed by atoms with Crippen LogP contribution in [0.3, 0.4) is 0 Å². The van der Waals surface area contributed by atoms with Gasteiger partial charge in [-0.25, -0.2) is 13.8 Å².